The summed E-state index contributed by atoms with van der Waals surface area (Å²) in [6.45, 7) is 3.11. The third-order valence-corrected chi connectivity index (χ3v) is 6.68. The van der Waals surface area contributed by atoms with Gasteiger partial charge in [0.15, 0.2) is 0 Å². The molecule has 0 saturated carbocycles. The molecule has 3 aromatic rings. The summed E-state index contributed by atoms with van der Waals surface area (Å²) in [6.07, 6.45) is 8.03. The molecule has 2 aromatic carbocycles. The fraction of sp³-hybridized carbons (Fsp3) is 0.379. The van der Waals surface area contributed by atoms with Crippen LogP contribution in [0.4, 0.5) is 0 Å². The van der Waals surface area contributed by atoms with Crippen LogP contribution in [0.3, 0.4) is 0 Å². The highest BCUT2D eigenvalue weighted by Crippen LogP contribution is 2.28. The number of thioether (sulfide) groups is 1. The molecule has 0 fully saturated rings. The summed E-state index contributed by atoms with van der Waals surface area (Å²) in [4.78, 5) is 24.8. The minimum atomic E-state index is -1.02. The van der Waals surface area contributed by atoms with Crippen LogP contribution in [0, 0.1) is 6.92 Å². The number of aliphatic carboxylic acids is 1. The predicted molar refractivity (Wildman–Crippen MR) is 144 cm³/mol. The monoisotopic (exact) mass is 509 g/mol. The molecule has 0 aliphatic rings. The number of carbonyl (C=O) groups excluding carboxylic acids is 1. The van der Waals surface area contributed by atoms with Crippen molar-refractivity contribution in [2.45, 2.75) is 51.7 Å². The van der Waals surface area contributed by atoms with Crippen LogP contribution >= 0.6 is 11.8 Å². The quantitative estimate of drug-likeness (QED) is 0.240. The van der Waals surface area contributed by atoms with Crippen molar-refractivity contribution in [2.24, 2.45) is 0 Å². The number of amides is 1. The summed E-state index contributed by atoms with van der Waals surface area (Å²) in [5, 5.41) is 12.3. The first-order chi connectivity index (χ1) is 17.5. The van der Waals surface area contributed by atoms with Gasteiger partial charge in [-0.25, -0.2) is 4.79 Å². The molecular formula is C29H35NO5S. The van der Waals surface area contributed by atoms with Crippen LogP contribution in [-0.2, 0) is 22.6 Å². The van der Waals surface area contributed by atoms with Gasteiger partial charge in [0.05, 0.1) is 12.9 Å². The molecule has 0 aliphatic carbocycles. The minimum absolute atomic E-state index is 0.370. The number of furan rings is 1. The highest BCUT2D eigenvalue weighted by atomic mass is 32.2. The van der Waals surface area contributed by atoms with Gasteiger partial charge in [-0.2, -0.15) is 11.8 Å². The van der Waals surface area contributed by atoms with E-state index in [4.69, 9.17) is 9.15 Å². The van der Waals surface area contributed by atoms with E-state index in [1.807, 2.05) is 61.7 Å². The second kappa shape index (κ2) is 14.5. The lowest BCUT2D eigenvalue weighted by Gasteiger charge is -2.17. The van der Waals surface area contributed by atoms with Crippen molar-refractivity contribution < 1.29 is 23.8 Å². The number of aryl methyl sites for hydroxylation is 2. The molecule has 0 aliphatic heterocycles. The highest BCUT2D eigenvalue weighted by molar-refractivity contribution is 7.98. The maximum absolute atomic E-state index is 13.2. The van der Waals surface area contributed by atoms with Crippen molar-refractivity contribution in [1.29, 1.82) is 0 Å². The van der Waals surface area contributed by atoms with Crippen LogP contribution in [0.5, 0.6) is 0 Å². The average Bonchev–Trinajstić information content (AvgIpc) is 3.39. The van der Waals surface area contributed by atoms with Gasteiger partial charge in [-0.1, -0.05) is 36.8 Å². The molecule has 36 heavy (non-hydrogen) atoms. The summed E-state index contributed by atoms with van der Waals surface area (Å²) in [6, 6.07) is 16.5. The predicted octanol–water partition coefficient (Wildman–Crippen LogP) is 6.12. The van der Waals surface area contributed by atoms with Crippen molar-refractivity contribution in [3.63, 3.8) is 0 Å². The number of rotatable bonds is 15. The van der Waals surface area contributed by atoms with Crippen LogP contribution in [0.1, 0.15) is 52.9 Å². The fourth-order valence-electron chi connectivity index (χ4n) is 4.03. The van der Waals surface area contributed by atoms with Crippen molar-refractivity contribution >= 4 is 23.6 Å². The highest BCUT2D eigenvalue weighted by Gasteiger charge is 2.22. The van der Waals surface area contributed by atoms with E-state index in [2.05, 4.69) is 5.32 Å². The van der Waals surface area contributed by atoms with E-state index in [-0.39, 0.29) is 5.91 Å². The normalized spacial score (nSPS) is 11.8. The van der Waals surface area contributed by atoms with Gasteiger partial charge in [-0.3, -0.25) is 4.79 Å². The van der Waals surface area contributed by atoms with Crippen LogP contribution in [0.25, 0.3) is 11.1 Å². The van der Waals surface area contributed by atoms with E-state index in [9.17, 15) is 14.7 Å². The topological polar surface area (TPSA) is 88.8 Å². The smallest absolute Gasteiger partial charge is 0.326 e. The Kier molecular flexibility index (Phi) is 11.1. The average molecular weight is 510 g/mol. The molecule has 192 valence electrons. The summed E-state index contributed by atoms with van der Waals surface area (Å²) in [7, 11) is 0. The van der Waals surface area contributed by atoms with Crippen LogP contribution in [0.2, 0.25) is 0 Å². The van der Waals surface area contributed by atoms with Crippen molar-refractivity contribution in [2.75, 3.05) is 18.6 Å². The molecule has 0 saturated heterocycles. The van der Waals surface area contributed by atoms with Gasteiger partial charge in [-0.15, -0.1) is 0 Å². The van der Waals surface area contributed by atoms with Gasteiger partial charge in [-0.05, 0) is 84.7 Å². The lowest BCUT2D eigenvalue weighted by atomic mass is 9.93. The lowest BCUT2D eigenvalue weighted by molar-refractivity contribution is -0.139. The maximum Gasteiger partial charge on any atom is 0.326 e. The molecule has 2 N–H and O–H groups in total. The van der Waals surface area contributed by atoms with Crippen molar-refractivity contribution in [3.05, 3.63) is 83.3 Å². The summed E-state index contributed by atoms with van der Waals surface area (Å²) in [5.41, 5.74) is 4.19. The Labute approximate surface area is 217 Å². The molecule has 0 unspecified atom stereocenters. The third-order valence-electron chi connectivity index (χ3n) is 6.04. The molecule has 1 heterocycles. The largest absolute Gasteiger partial charge is 0.480 e. The number of unbranched alkanes of at least 4 members (excludes halogenated alkanes) is 2. The number of carboxylic acids is 1. The maximum atomic E-state index is 13.2. The van der Waals surface area contributed by atoms with E-state index in [1.165, 1.54) is 0 Å². The first-order valence-corrected chi connectivity index (χ1v) is 13.7. The zero-order valence-corrected chi connectivity index (χ0v) is 21.8. The molecule has 1 atom stereocenters. The Hall–Kier alpha value is -3.03. The third kappa shape index (κ3) is 8.28. The molecule has 3 rings (SSSR count). The summed E-state index contributed by atoms with van der Waals surface area (Å²) >= 11 is 1.55. The SMILES string of the molecule is CSCC[C@H](NC(=O)c1ccc(COCCCCCc2ccco2)cc1-c1ccccc1C)C(=O)O. The summed E-state index contributed by atoms with van der Waals surface area (Å²) < 4.78 is 11.3. The van der Waals surface area contributed by atoms with E-state index in [1.54, 1.807) is 24.1 Å². The zero-order valence-electron chi connectivity index (χ0n) is 21.0. The second-order valence-corrected chi connectivity index (χ2v) is 9.77. The molecule has 6 nitrogen and oxygen atoms in total. The fourth-order valence-corrected chi connectivity index (χ4v) is 4.50. The van der Waals surface area contributed by atoms with Gasteiger partial charge in [0.25, 0.3) is 5.91 Å². The van der Waals surface area contributed by atoms with E-state index in [0.717, 1.165) is 53.7 Å². The summed E-state index contributed by atoms with van der Waals surface area (Å²) in [5.74, 6) is 0.263. The second-order valence-electron chi connectivity index (χ2n) is 8.78. The zero-order chi connectivity index (χ0) is 25.8. The van der Waals surface area contributed by atoms with Gasteiger partial charge < -0.3 is 19.6 Å². The Morgan fingerprint density at radius 3 is 2.61 bits per heavy atom. The van der Waals surface area contributed by atoms with Gasteiger partial charge in [0.1, 0.15) is 11.8 Å². The first kappa shape index (κ1) is 27.6. The molecule has 1 amide bonds. The number of carbonyl (C=O) groups is 2. The van der Waals surface area contributed by atoms with Gasteiger partial charge in [0, 0.05) is 18.6 Å². The van der Waals surface area contributed by atoms with Crippen LogP contribution in [-0.4, -0.2) is 41.6 Å². The Balaban J connectivity index is 1.65. The molecule has 7 heteroatoms. The Morgan fingerprint density at radius 2 is 1.89 bits per heavy atom. The minimum Gasteiger partial charge on any atom is -0.480 e. The van der Waals surface area contributed by atoms with E-state index in [0.29, 0.717) is 31.0 Å². The number of nitrogens with one attached hydrogen (secondary N) is 1. The standard InChI is InChI=1S/C29H35NO5S/c1-21-9-5-6-12-24(21)26-19-22(20-34-16-7-3-4-10-23-11-8-17-35-23)13-14-25(26)28(31)30-27(29(32)33)15-18-36-2/h5-6,8-9,11-14,17,19,27H,3-4,7,10,15-16,18,20H2,1-2H3,(H,30,31)(H,32,33)/t27-/m0/s1. The number of ether oxygens (including phenoxy) is 1. The Morgan fingerprint density at radius 1 is 1.06 bits per heavy atom. The number of hydrogen-bond acceptors (Lipinski definition) is 5. The molecule has 0 bridgehead atoms. The molecule has 0 radical (unpaired) electrons. The van der Waals surface area contributed by atoms with Crippen molar-refractivity contribution in [3.8, 4) is 11.1 Å². The van der Waals surface area contributed by atoms with Crippen molar-refractivity contribution in [1.82, 2.24) is 5.32 Å². The van der Waals surface area contributed by atoms with E-state index >= 15 is 0 Å². The van der Waals surface area contributed by atoms with Crippen LogP contribution in [0.15, 0.2) is 65.3 Å². The molecular weight excluding hydrogens is 474 g/mol. The number of carboxylic acid groups (broad SMARTS) is 1. The number of hydrogen-bond donors (Lipinski definition) is 2. The molecule has 0 spiro atoms. The number of benzene rings is 2. The first-order valence-electron chi connectivity index (χ1n) is 12.3. The lowest BCUT2D eigenvalue weighted by Crippen LogP contribution is -2.41. The van der Waals surface area contributed by atoms with Crippen LogP contribution < -0.4 is 5.32 Å². The van der Waals surface area contributed by atoms with Gasteiger partial charge in [0.2, 0.25) is 0 Å². The molecule has 1 aromatic heterocycles. The Bertz CT molecular complexity index is 1110. The van der Waals surface area contributed by atoms with E-state index < -0.39 is 12.0 Å². The van der Waals surface area contributed by atoms with Gasteiger partial charge >= 0.3 is 5.97 Å².